The van der Waals surface area contributed by atoms with Gasteiger partial charge in [0.2, 0.25) is 0 Å². The van der Waals surface area contributed by atoms with Crippen molar-refractivity contribution in [3.63, 3.8) is 0 Å². The SMILES string of the molecule is Cc1ccc(-c2cn(C(=O)N3COCC3(C)C)cn2)cc1. The third-order valence-electron chi connectivity index (χ3n) is 3.79. The van der Waals surface area contributed by atoms with Crippen LogP contribution in [0.2, 0.25) is 0 Å². The molecule has 0 spiro atoms. The Kier molecular flexibility index (Phi) is 3.29. The number of rotatable bonds is 1. The van der Waals surface area contributed by atoms with Gasteiger partial charge in [0.05, 0.1) is 17.8 Å². The van der Waals surface area contributed by atoms with Crippen molar-refractivity contribution in [3.8, 4) is 11.3 Å². The number of imidazole rings is 1. The molecule has 1 saturated heterocycles. The van der Waals surface area contributed by atoms with Gasteiger partial charge in [0.1, 0.15) is 13.1 Å². The van der Waals surface area contributed by atoms with E-state index in [0.717, 1.165) is 11.3 Å². The molecule has 21 heavy (non-hydrogen) atoms. The van der Waals surface area contributed by atoms with E-state index in [1.54, 1.807) is 17.4 Å². The van der Waals surface area contributed by atoms with Gasteiger partial charge in [-0.1, -0.05) is 29.8 Å². The molecule has 110 valence electrons. The van der Waals surface area contributed by atoms with Crippen LogP contribution in [0.1, 0.15) is 19.4 Å². The predicted molar refractivity (Wildman–Crippen MR) is 79.9 cm³/mol. The zero-order chi connectivity index (χ0) is 15.0. The number of hydrogen-bond donors (Lipinski definition) is 0. The van der Waals surface area contributed by atoms with Gasteiger partial charge in [0.25, 0.3) is 0 Å². The van der Waals surface area contributed by atoms with E-state index in [-0.39, 0.29) is 11.6 Å². The summed E-state index contributed by atoms with van der Waals surface area (Å²) in [6.45, 7) is 6.91. The fraction of sp³-hybridized carbons (Fsp3) is 0.375. The van der Waals surface area contributed by atoms with Crippen molar-refractivity contribution in [2.75, 3.05) is 13.3 Å². The number of aryl methyl sites for hydroxylation is 1. The van der Waals surface area contributed by atoms with Gasteiger partial charge in [-0.3, -0.25) is 9.47 Å². The fourth-order valence-electron chi connectivity index (χ4n) is 2.39. The average Bonchev–Trinajstić information content (AvgIpc) is 3.05. The highest BCUT2D eigenvalue weighted by Gasteiger charge is 2.37. The molecule has 1 aliphatic rings. The van der Waals surface area contributed by atoms with E-state index in [4.69, 9.17) is 4.74 Å². The minimum Gasteiger partial charge on any atom is -0.359 e. The molecule has 0 saturated carbocycles. The monoisotopic (exact) mass is 285 g/mol. The summed E-state index contributed by atoms with van der Waals surface area (Å²) in [5.41, 5.74) is 2.71. The standard InChI is InChI=1S/C16H19N3O2/c1-12-4-6-13(7-5-12)14-8-18(10-17-14)15(20)19-11-21-9-16(19,2)3/h4-8,10H,9,11H2,1-3H3. The Hall–Kier alpha value is -2.14. The number of carbonyl (C=O) groups excluding carboxylic acids is 1. The van der Waals surface area contributed by atoms with E-state index in [1.807, 2.05) is 45.0 Å². The Morgan fingerprint density at radius 1 is 1.29 bits per heavy atom. The molecule has 5 nitrogen and oxygen atoms in total. The molecular weight excluding hydrogens is 266 g/mol. The molecule has 0 bridgehead atoms. The summed E-state index contributed by atoms with van der Waals surface area (Å²) < 4.78 is 6.91. The Morgan fingerprint density at radius 3 is 2.62 bits per heavy atom. The van der Waals surface area contributed by atoms with Gasteiger partial charge >= 0.3 is 6.03 Å². The zero-order valence-corrected chi connectivity index (χ0v) is 12.5. The first-order valence-electron chi connectivity index (χ1n) is 6.98. The quantitative estimate of drug-likeness (QED) is 0.809. The Bertz CT molecular complexity index is 658. The van der Waals surface area contributed by atoms with E-state index in [1.165, 1.54) is 10.1 Å². The molecule has 0 atom stereocenters. The highest BCUT2D eigenvalue weighted by molar-refractivity contribution is 5.79. The zero-order valence-electron chi connectivity index (χ0n) is 12.5. The number of nitrogens with zero attached hydrogens (tertiary/aromatic N) is 3. The topological polar surface area (TPSA) is 47.4 Å². The molecule has 2 heterocycles. The van der Waals surface area contributed by atoms with Crippen LogP contribution in [0.5, 0.6) is 0 Å². The molecule has 0 radical (unpaired) electrons. The highest BCUT2D eigenvalue weighted by Crippen LogP contribution is 2.23. The van der Waals surface area contributed by atoms with Crippen LogP contribution in [0.3, 0.4) is 0 Å². The van der Waals surface area contributed by atoms with Crippen LogP contribution in [0.25, 0.3) is 11.3 Å². The van der Waals surface area contributed by atoms with Crippen molar-refractivity contribution in [2.45, 2.75) is 26.3 Å². The summed E-state index contributed by atoms with van der Waals surface area (Å²) >= 11 is 0. The molecule has 0 unspecified atom stereocenters. The van der Waals surface area contributed by atoms with Crippen molar-refractivity contribution >= 4 is 6.03 Å². The molecule has 1 aromatic heterocycles. The summed E-state index contributed by atoms with van der Waals surface area (Å²) in [5, 5.41) is 0. The van der Waals surface area contributed by atoms with E-state index in [9.17, 15) is 4.79 Å². The molecule has 0 aliphatic carbocycles. The first kappa shape index (κ1) is 13.8. The van der Waals surface area contributed by atoms with Crippen molar-refractivity contribution in [3.05, 3.63) is 42.4 Å². The van der Waals surface area contributed by atoms with Crippen LogP contribution in [-0.4, -0.2) is 39.4 Å². The van der Waals surface area contributed by atoms with Crippen molar-refractivity contribution < 1.29 is 9.53 Å². The molecule has 1 amide bonds. The second kappa shape index (κ2) is 5.00. The molecule has 2 aromatic rings. The molecule has 0 N–H and O–H groups in total. The van der Waals surface area contributed by atoms with E-state index in [0.29, 0.717) is 13.3 Å². The molecule has 1 aromatic carbocycles. The van der Waals surface area contributed by atoms with Crippen molar-refractivity contribution in [1.29, 1.82) is 0 Å². The summed E-state index contributed by atoms with van der Waals surface area (Å²) in [5.74, 6) is 0. The third kappa shape index (κ3) is 2.56. The maximum absolute atomic E-state index is 12.5. The van der Waals surface area contributed by atoms with Crippen LogP contribution >= 0.6 is 0 Å². The number of carbonyl (C=O) groups is 1. The highest BCUT2D eigenvalue weighted by atomic mass is 16.5. The lowest BCUT2D eigenvalue weighted by molar-refractivity contribution is 0.140. The Morgan fingerprint density at radius 2 is 2.00 bits per heavy atom. The Balaban J connectivity index is 1.85. The van der Waals surface area contributed by atoms with Crippen LogP contribution < -0.4 is 0 Å². The minimum atomic E-state index is -0.286. The molecule has 1 aliphatic heterocycles. The van der Waals surface area contributed by atoms with Crippen LogP contribution in [0, 0.1) is 6.92 Å². The van der Waals surface area contributed by atoms with Gasteiger partial charge in [-0.05, 0) is 20.8 Å². The predicted octanol–water partition coefficient (Wildman–Crippen LogP) is 2.89. The summed E-state index contributed by atoms with van der Waals surface area (Å²) in [6.07, 6.45) is 3.33. The van der Waals surface area contributed by atoms with Crippen LogP contribution in [0.15, 0.2) is 36.8 Å². The van der Waals surface area contributed by atoms with E-state index in [2.05, 4.69) is 4.98 Å². The van der Waals surface area contributed by atoms with Crippen molar-refractivity contribution in [1.82, 2.24) is 14.5 Å². The first-order valence-corrected chi connectivity index (χ1v) is 6.98. The van der Waals surface area contributed by atoms with Crippen molar-refractivity contribution in [2.24, 2.45) is 0 Å². The normalized spacial score (nSPS) is 17.2. The molecule has 5 heteroatoms. The number of benzene rings is 1. The van der Waals surface area contributed by atoms with Gasteiger partial charge in [-0.25, -0.2) is 9.78 Å². The van der Waals surface area contributed by atoms with E-state index >= 15 is 0 Å². The summed E-state index contributed by atoms with van der Waals surface area (Å²) in [7, 11) is 0. The summed E-state index contributed by atoms with van der Waals surface area (Å²) in [6, 6.07) is 7.98. The van der Waals surface area contributed by atoms with E-state index < -0.39 is 0 Å². The number of ether oxygens (including phenoxy) is 1. The lowest BCUT2D eigenvalue weighted by atomic mass is 10.1. The maximum Gasteiger partial charge on any atom is 0.331 e. The largest absolute Gasteiger partial charge is 0.359 e. The third-order valence-corrected chi connectivity index (χ3v) is 3.79. The molecule has 1 fully saturated rings. The smallest absolute Gasteiger partial charge is 0.331 e. The number of amides is 1. The molecule has 3 rings (SSSR count). The number of aromatic nitrogens is 2. The minimum absolute atomic E-state index is 0.108. The number of hydrogen-bond acceptors (Lipinski definition) is 3. The Labute approximate surface area is 124 Å². The van der Waals surface area contributed by atoms with Gasteiger partial charge in [-0.2, -0.15) is 0 Å². The van der Waals surface area contributed by atoms with Gasteiger partial charge in [-0.15, -0.1) is 0 Å². The molecular formula is C16H19N3O2. The van der Waals surface area contributed by atoms with Gasteiger partial charge in [0, 0.05) is 11.8 Å². The second-order valence-corrected chi connectivity index (χ2v) is 6.03. The lowest BCUT2D eigenvalue weighted by Crippen LogP contribution is -2.45. The maximum atomic E-state index is 12.5. The lowest BCUT2D eigenvalue weighted by Gasteiger charge is -2.28. The second-order valence-electron chi connectivity index (χ2n) is 6.03. The fourth-order valence-corrected chi connectivity index (χ4v) is 2.39. The summed E-state index contributed by atoms with van der Waals surface area (Å²) in [4.78, 5) is 18.6. The average molecular weight is 285 g/mol. The van der Waals surface area contributed by atoms with Crippen LogP contribution in [0.4, 0.5) is 4.79 Å². The van der Waals surface area contributed by atoms with Crippen LogP contribution in [-0.2, 0) is 4.74 Å². The van der Waals surface area contributed by atoms with Gasteiger partial charge in [0.15, 0.2) is 0 Å². The first-order chi connectivity index (χ1) is 9.97. The van der Waals surface area contributed by atoms with Gasteiger partial charge < -0.3 is 4.74 Å².